The fourth-order valence-electron chi connectivity index (χ4n) is 3.08. The number of rotatable bonds is 5. The van der Waals surface area contributed by atoms with Crippen LogP contribution in [0.25, 0.3) is 16.9 Å². The number of fused-ring (bicyclic) bond motifs is 1. The summed E-state index contributed by atoms with van der Waals surface area (Å²) in [5, 5.41) is 6.85. The maximum atomic E-state index is 14.1. The van der Waals surface area contributed by atoms with Gasteiger partial charge in [0.25, 0.3) is 0 Å². The highest BCUT2D eigenvalue weighted by Gasteiger charge is 2.15. The minimum Gasteiger partial charge on any atom is -0.303 e. The molecule has 1 aromatic carbocycles. The third kappa shape index (κ3) is 3.09. The summed E-state index contributed by atoms with van der Waals surface area (Å²) in [4.78, 5) is 6.48. The molecule has 26 heavy (non-hydrogen) atoms. The SMILES string of the molecule is CN(Cc1cn[nH]c1-c1ccc(F)cc1F)Cc1cnc2ccccn12. The predicted molar refractivity (Wildman–Crippen MR) is 94.3 cm³/mol. The van der Waals surface area contributed by atoms with E-state index in [1.165, 1.54) is 12.1 Å². The van der Waals surface area contributed by atoms with Crippen LogP contribution in [0, 0.1) is 11.6 Å². The molecule has 0 saturated carbocycles. The van der Waals surface area contributed by atoms with E-state index >= 15 is 0 Å². The molecule has 0 bridgehead atoms. The molecule has 0 fully saturated rings. The van der Waals surface area contributed by atoms with Gasteiger partial charge in [-0.15, -0.1) is 0 Å². The number of aromatic nitrogens is 4. The second-order valence-electron chi connectivity index (χ2n) is 6.25. The van der Waals surface area contributed by atoms with Crippen LogP contribution >= 0.6 is 0 Å². The zero-order valence-corrected chi connectivity index (χ0v) is 14.2. The van der Waals surface area contributed by atoms with Gasteiger partial charge in [-0.3, -0.25) is 10.00 Å². The molecule has 5 nitrogen and oxygen atoms in total. The standard InChI is InChI=1S/C19H17F2N5/c1-25(12-15-10-22-18-4-2-3-7-26(15)18)11-13-9-23-24-19(13)16-6-5-14(20)8-17(16)21/h2-10H,11-12H2,1H3,(H,23,24). The summed E-state index contributed by atoms with van der Waals surface area (Å²) in [5.74, 6) is -1.21. The molecule has 0 unspecified atom stereocenters. The Morgan fingerprint density at radius 2 is 2.00 bits per heavy atom. The maximum Gasteiger partial charge on any atom is 0.136 e. The summed E-state index contributed by atoms with van der Waals surface area (Å²) >= 11 is 0. The van der Waals surface area contributed by atoms with Crippen LogP contribution < -0.4 is 0 Å². The Hall–Kier alpha value is -3.06. The van der Waals surface area contributed by atoms with Crippen LogP contribution in [0.1, 0.15) is 11.3 Å². The van der Waals surface area contributed by atoms with Gasteiger partial charge in [0.15, 0.2) is 0 Å². The highest BCUT2D eigenvalue weighted by Crippen LogP contribution is 2.25. The number of hydrogen-bond acceptors (Lipinski definition) is 3. The third-order valence-electron chi connectivity index (χ3n) is 4.28. The van der Waals surface area contributed by atoms with Gasteiger partial charge in [-0.2, -0.15) is 5.10 Å². The second-order valence-corrected chi connectivity index (χ2v) is 6.25. The molecule has 0 radical (unpaired) electrons. The first-order chi connectivity index (χ1) is 12.6. The van der Waals surface area contributed by atoms with E-state index < -0.39 is 11.6 Å². The number of hydrogen-bond donors (Lipinski definition) is 1. The lowest BCUT2D eigenvalue weighted by atomic mass is 10.1. The molecule has 3 heterocycles. The van der Waals surface area contributed by atoms with Crippen molar-refractivity contribution in [2.75, 3.05) is 7.05 Å². The Bertz CT molecular complexity index is 1050. The van der Waals surface area contributed by atoms with E-state index in [1.807, 2.05) is 42.0 Å². The highest BCUT2D eigenvalue weighted by molar-refractivity contribution is 5.63. The van der Waals surface area contributed by atoms with Gasteiger partial charge in [0.1, 0.15) is 17.3 Å². The molecule has 7 heteroatoms. The van der Waals surface area contributed by atoms with Gasteiger partial charge >= 0.3 is 0 Å². The molecule has 3 aromatic heterocycles. The number of benzene rings is 1. The van der Waals surface area contributed by atoms with Gasteiger partial charge in [0.05, 0.1) is 23.8 Å². The molecule has 0 spiro atoms. The summed E-state index contributed by atoms with van der Waals surface area (Å²) in [6, 6.07) is 9.41. The molecule has 132 valence electrons. The first kappa shape index (κ1) is 16.4. The van der Waals surface area contributed by atoms with Crippen molar-refractivity contribution in [2.24, 2.45) is 0 Å². The van der Waals surface area contributed by atoms with E-state index in [1.54, 1.807) is 6.20 Å². The summed E-state index contributed by atoms with van der Waals surface area (Å²) < 4.78 is 29.3. The van der Waals surface area contributed by atoms with Gasteiger partial charge < -0.3 is 4.40 Å². The van der Waals surface area contributed by atoms with Gasteiger partial charge in [0.2, 0.25) is 0 Å². The number of nitrogens with zero attached hydrogens (tertiary/aromatic N) is 4. The molecule has 0 aliphatic heterocycles. The Morgan fingerprint density at radius 1 is 1.12 bits per heavy atom. The van der Waals surface area contributed by atoms with Crippen LogP contribution in [-0.4, -0.2) is 31.5 Å². The molecular formula is C19H17F2N5. The Kier molecular flexibility index (Phi) is 4.22. The molecule has 0 aliphatic rings. The Balaban J connectivity index is 1.55. The molecule has 4 rings (SSSR count). The van der Waals surface area contributed by atoms with Crippen molar-refractivity contribution in [1.82, 2.24) is 24.5 Å². The van der Waals surface area contributed by atoms with Crippen LogP contribution in [0.3, 0.4) is 0 Å². The molecule has 0 amide bonds. The molecule has 0 saturated heterocycles. The number of aromatic amines is 1. The third-order valence-corrected chi connectivity index (χ3v) is 4.28. The number of nitrogens with one attached hydrogen (secondary N) is 1. The lowest BCUT2D eigenvalue weighted by Gasteiger charge is -2.16. The molecular weight excluding hydrogens is 336 g/mol. The lowest BCUT2D eigenvalue weighted by Crippen LogP contribution is -2.18. The van der Waals surface area contributed by atoms with E-state index in [4.69, 9.17) is 0 Å². The zero-order chi connectivity index (χ0) is 18.1. The van der Waals surface area contributed by atoms with E-state index in [0.29, 0.717) is 24.3 Å². The summed E-state index contributed by atoms with van der Waals surface area (Å²) in [7, 11) is 1.97. The van der Waals surface area contributed by atoms with Gasteiger partial charge in [-0.05, 0) is 31.3 Å². The van der Waals surface area contributed by atoms with Crippen LogP contribution in [0.4, 0.5) is 8.78 Å². The molecule has 0 atom stereocenters. The second kappa shape index (κ2) is 6.68. The average molecular weight is 353 g/mol. The van der Waals surface area contributed by atoms with Crippen molar-refractivity contribution in [3.05, 3.63) is 77.9 Å². The van der Waals surface area contributed by atoms with E-state index in [-0.39, 0.29) is 0 Å². The van der Waals surface area contributed by atoms with E-state index in [0.717, 1.165) is 23.0 Å². The van der Waals surface area contributed by atoms with Crippen molar-refractivity contribution in [3.63, 3.8) is 0 Å². The first-order valence-corrected chi connectivity index (χ1v) is 8.19. The van der Waals surface area contributed by atoms with Gasteiger partial charge in [-0.1, -0.05) is 6.07 Å². The average Bonchev–Trinajstić information content (AvgIpc) is 3.23. The number of imidazole rings is 1. The van der Waals surface area contributed by atoms with Gasteiger partial charge in [-0.25, -0.2) is 13.8 Å². The van der Waals surface area contributed by atoms with E-state index in [9.17, 15) is 8.78 Å². The quantitative estimate of drug-likeness (QED) is 0.596. The van der Waals surface area contributed by atoms with Crippen molar-refractivity contribution in [2.45, 2.75) is 13.1 Å². The van der Waals surface area contributed by atoms with Crippen molar-refractivity contribution in [1.29, 1.82) is 0 Å². The van der Waals surface area contributed by atoms with Crippen molar-refractivity contribution >= 4 is 5.65 Å². The van der Waals surface area contributed by atoms with Crippen LogP contribution in [0.15, 0.2) is 55.0 Å². The smallest absolute Gasteiger partial charge is 0.136 e. The summed E-state index contributed by atoms with van der Waals surface area (Å²) in [6.45, 7) is 1.23. The molecule has 0 aliphatic carbocycles. The Morgan fingerprint density at radius 3 is 2.85 bits per heavy atom. The van der Waals surface area contributed by atoms with Crippen molar-refractivity contribution in [3.8, 4) is 11.3 Å². The minimum atomic E-state index is -0.611. The maximum absolute atomic E-state index is 14.1. The predicted octanol–water partition coefficient (Wildman–Crippen LogP) is 3.63. The monoisotopic (exact) mass is 353 g/mol. The largest absolute Gasteiger partial charge is 0.303 e. The molecule has 1 N–H and O–H groups in total. The fraction of sp³-hybridized carbons (Fsp3) is 0.158. The van der Waals surface area contributed by atoms with Crippen molar-refractivity contribution < 1.29 is 8.78 Å². The molecule has 4 aromatic rings. The first-order valence-electron chi connectivity index (χ1n) is 8.19. The fourth-order valence-corrected chi connectivity index (χ4v) is 3.08. The number of halogens is 2. The highest BCUT2D eigenvalue weighted by atomic mass is 19.1. The van der Waals surface area contributed by atoms with Crippen LogP contribution in [0.5, 0.6) is 0 Å². The van der Waals surface area contributed by atoms with Crippen LogP contribution in [0.2, 0.25) is 0 Å². The van der Waals surface area contributed by atoms with E-state index in [2.05, 4.69) is 20.1 Å². The Labute approximate surface area is 148 Å². The number of H-pyrrole nitrogens is 1. The normalized spacial score (nSPS) is 11.5. The van der Waals surface area contributed by atoms with Crippen LogP contribution in [-0.2, 0) is 13.1 Å². The summed E-state index contributed by atoms with van der Waals surface area (Å²) in [6.07, 6.45) is 5.49. The number of pyridine rings is 1. The lowest BCUT2D eigenvalue weighted by molar-refractivity contribution is 0.314. The topological polar surface area (TPSA) is 49.2 Å². The summed E-state index contributed by atoms with van der Waals surface area (Å²) in [5.41, 5.74) is 3.66. The zero-order valence-electron chi connectivity index (χ0n) is 14.2. The minimum absolute atomic E-state index is 0.308. The van der Waals surface area contributed by atoms with Gasteiger partial charge in [0, 0.05) is 36.5 Å².